The molecule has 0 unspecified atom stereocenters. The summed E-state index contributed by atoms with van der Waals surface area (Å²) in [6.45, 7) is 0. The Morgan fingerprint density at radius 1 is 0.788 bits per heavy atom. The molecule has 170 valence electrons. The average Bonchev–Trinajstić information content (AvgIpc) is 2.87. The topological polar surface area (TPSA) is 56.7 Å². The van der Waals surface area contributed by atoms with Gasteiger partial charge in [0.2, 0.25) is 5.82 Å². The molecular weight excluding hydrogens is 428 g/mol. The van der Waals surface area contributed by atoms with Crippen LogP contribution in [0, 0.1) is 0 Å². The van der Waals surface area contributed by atoms with E-state index in [1.807, 2.05) is 6.07 Å². The van der Waals surface area contributed by atoms with Gasteiger partial charge in [-0.25, -0.2) is 9.97 Å². The van der Waals surface area contributed by atoms with Gasteiger partial charge in [0, 0.05) is 29.8 Å². The zero-order valence-electron chi connectivity index (χ0n) is 18.7. The van der Waals surface area contributed by atoms with E-state index in [2.05, 4.69) is 9.97 Å². The van der Waals surface area contributed by atoms with Crippen molar-refractivity contribution < 1.29 is 23.0 Å². The van der Waals surface area contributed by atoms with Gasteiger partial charge < -0.3 is 19.1 Å². The summed E-state index contributed by atoms with van der Waals surface area (Å²) in [5.41, 5.74) is 0.844. The number of hydrogen-bond donors (Lipinski definition) is 0. The molecule has 0 bridgehead atoms. The van der Waals surface area contributed by atoms with Crippen molar-refractivity contribution in [3.05, 3.63) is 78.1 Å². The highest BCUT2D eigenvalue weighted by molar-refractivity contribution is 5.91. The molecule has 0 saturated carbocycles. The number of fused-ring (bicyclic) bond motifs is 1. The number of benzene rings is 3. The number of anilines is 2. The fourth-order valence-corrected chi connectivity index (χ4v) is 3.56. The monoisotopic (exact) mass is 451 g/mol. The summed E-state index contributed by atoms with van der Waals surface area (Å²) in [6, 6.07) is 18.1. The highest BCUT2D eigenvalue weighted by Gasteiger charge is 2.39. The third-order valence-electron chi connectivity index (χ3n) is 5.37. The number of halogens is 2. The number of alkyl halides is 2. The number of nitrogens with zero attached hydrogens (tertiary/aromatic N) is 3. The maximum Gasteiger partial charge on any atom is 0.331 e. The molecule has 4 aromatic rings. The lowest BCUT2D eigenvalue weighted by molar-refractivity contribution is 0.0331. The molecule has 33 heavy (non-hydrogen) atoms. The summed E-state index contributed by atoms with van der Waals surface area (Å²) in [7, 11) is 6.27. The number of methoxy groups -OCH3 is 3. The lowest BCUT2D eigenvalue weighted by atomic mass is 10.1. The van der Waals surface area contributed by atoms with E-state index in [-0.39, 0.29) is 5.56 Å². The van der Waals surface area contributed by atoms with Gasteiger partial charge in [0.15, 0.2) is 11.5 Å². The fraction of sp³-hybridized carbons (Fsp3) is 0.200. The minimum atomic E-state index is -3.44. The molecule has 6 nitrogen and oxygen atoms in total. The molecule has 0 aliphatic heterocycles. The van der Waals surface area contributed by atoms with E-state index >= 15 is 8.78 Å². The van der Waals surface area contributed by atoms with Gasteiger partial charge in [0.25, 0.3) is 0 Å². The molecule has 1 aromatic heterocycles. The normalized spacial score (nSPS) is 11.3. The van der Waals surface area contributed by atoms with Gasteiger partial charge in [-0.05, 0) is 36.4 Å². The maximum atomic E-state index is 15.6. The zero-order chi connectivity index (χ0) is 23.6. The van der Waals surface area contributed by atoms with E-state index in [1.54, 1.807) is 61.5 Å². The molecule has 0 fully saturated rings. The number of para-hydroxylation sites is 1. The van der Waals surface area contributed by atoms with E-state index in [0.29, 0.717) is 39.7 Å². The molecule has 0 atom stereocenters. The van der Waals surface area contributed by atoms with Gasteiger partial charge in [0.05, 0.1) is 26.8 Å². The predicted octanol–water partition coefficient (Wildman–Crippen LogP) is 5.56. The largest absolute Gasteiger partial charge is 0.497 e. The van der Waals surface area contributed by atoms with Crippen LogP contribution in [0.1, 0.15) is 11.4 Å². The summed E-state index contributed by atoms with van der Waals surface area (Å²) < 4.78 is 46.9. The molecule has 0 spiro atoms. The van der Waals surface area contributed by atoms with Crippen molar-refractivity contribution in [2.75, 3.05) is 33.3 Å². The Balaban J connectivity index is 1.87. The van der Waals surface area contributed by atoms with E-state index in [1.165, 1.54) is 32.4 Å². The lowest BCUT2D eigenvalue weighted by Crippen LogP contribution is -2.22. The van der Waals surface area contributed by atoms with Crippen molar-refractivity contribution >= 4 is 22.4 Å². The first-order valence-corrected chi connectivity index (χ1v) is 10.1. The molecule has 8 heteroatoms. The van der Waals surface area contributed by atoms with Crippen molar-refractivity contribution in [3.63, 3.8) is 0 Å². The van der Waals surface area contributed by atoms with Crippen LogP contribution >= 0.6 is 0 Å². The second kappa shape index (κ2) is 8.90. The Hall–Kier alpha value is -3.94. The van der Waals surface area contributed by atoms with Crippen LogP contribution in [-0.4, -0.2) is 38.3 Å². The van der Waals surface area contributed by atoms with Gasteiger partial charge in [-0.3, -0.25) is 0 Å². The number of ether oxygens (including phenoxy) is 3. The first kappa shape index (κ1) is 22.3. The number of aromatic nitrogens is 2. The van der Waals surface area contributed by atoms with Crippen molar-refractivity contribution in [2.45, 2.75) is 5.92 Å². The third-order valence-corrected chi connectivity index (χ3v) is 5.37. The highest BCUT2D eigenvalue weighted by Crippen LogP contribution is 2.39. The predicted molar refractivity (Wildman–Crippen MR) is 123 cm³/mol. The van der Waals surface area contributed by atoms with Gasteiger partial charge in [-0.1, -0.05) is 24.3 Å². The highest BCUT2D eigenvalue weighted by atomic mass is 19.3. The molecular formula is C25H23F2N3O3. The summed E-state index contributed by atoms with van der Waals surface area (Å²) in [5, 5.41) is 0.639. The lowest BCUT2D eigenvalue weighted by Gasteiger charge is -2.23. The van der Waals surface area contributed by atoms with E-state index in [4.69, 9.17) is 14.2 Å². The Labute approximate surface area is 190 Å². The van der Waals surface area contributed by atoms with Crippen LogP contribution in [-0.2, 0) is 5.92 Å². The van der Waals surface area contributed by atoms with Crippen molar-refractivity contribution in [1.82, 2.24) is 9.97 Å². The molecule has 0 N–H and O–H groups in total. The maximum absolute atomic E-state index is 15.6. The minimum absolute atomic E-state index is 0.253. The summed E-state index contributed by atoms with van der Waals surface area (Å²) >= 11 is 0. The SMILES string of the molecule is COc1cccc(C(F)(F)c2nc(N(C)c3ccc(OC)c(OC)c3)c3ccccc3n2)c1. The van der Waals surface area contributed by atoms with Crippen molar-refractivity contribution in [3.8, 4) is 17.2 Å². The minimum Gasteiger partial charge on any atom is -0.497 e. The molecule has 0 radical (unpaired) electrons. The van der Waals surface area contributed by atoms with Crippen LogP contribution in [0.15, 0.2) is 66.7 Å². The fourth-order valence-electron chi connectivity index (χ4n) is 3.56. The van der Waals surface area contributed by atoms with E-state index in [0.717, 1.165) is 0 Å². The van der Waals surface area contributed by atoms with Gasteiger partial charge >= 0.3 is 5.92 Å². The molecule has 0 aliphatic carbocycles. The van der Waals surface area contributed by atoms with Crippen LogP contribution in [0.3, 0.4) is 0 Å². The second-order valence-electron chi connectivity index (χ2n) is 7.29. The zero-order valence-corrected chi connectivity index (χ0v) is 18.7. The van der Waals surface area contributed by atoms with Gasteiger partial charge in [-0.2, -0.15) is 8.78 Å². The first-order valence-electron chi connectivity index (χ1n) is 10.1. The standard InChI is InChI=1S/C25H23F2N3O3/c1-30(17-12-13-21(32-3)22(15-17)33-4)23-19-10-5-6-11-20(19)28-24(29-23)25(26,27)16-8-7-9-18(14-16)31-2/h5-15H,1-4H3. The second-order valence-corrected chi connectivity index (χ2v) is 7.29. The summed E-state index contributed by atoms with van der Waals surface area (Å²) in [4.78, 5) is 10.3. The third kappa shape index (κ3) is 4.11. The first-order chi connectivity index (χ1) is 15.9. The molecule has 0 saturated heterocycles. The molecule has 0 aliphatic rings. The Bertz CT molecular complexity index is 1300. The van der Waals surface area contributed by atoms with Crippen LogP contribution in [0.5, 0.6) is 17.2 Å². The Morgan fingerprint density at radius 3 is 2.27 bits per heavy atom. The molecule has 4 rings (SSSR count). The number of rotatable bonds is 7. The summed E-state index contributed by atoms with van der Waals surface area (Å²) in [5.74, 6) is -2.29. The number of hydrogen-bond acceptors (Lipinski definition) is 6. The van der Waals surface area contributed by atoms with Crippen LogP contribution < -0.4 is 19.1 Å². The van der Waals surface area contributed by atoms with Crippen molar-refractivity contribution in [1.29, 1.82) is 0 Å². The van der Waals surface area contributed by atoms with Crippen molar-refractivity contribution in [2.24, 2.45) is 0 Å². The molecule has 3 aromatic carbocycles. The van der Waals surface area contributed by atoms with E-state index < -0.39 is 11.7 Å². The van der Waals surface area contributed by atoms with Gasteiger partial charge in [0.1, 0.15) is 11.6 Å². The van der Waals surface area contributed by atoms with Crippen LogP contribution in [0.2, 0.25) is 0 Å². The smallest absolute Gasteiger partial charge is 0.331 e. The van der Waals surface area contributed by atoms with Crippen LogP contribution in [0.25, 0.3) is 10.9 Å². The average molecular weight is 451 g/mol. The van der Waals surface area contributed by atoms with Gasteiger partial charge in [-0.15, -0.1) is 0 Å². The Morgan fingerprint density at radius 2 is 1.55 bits per heavy atom. The summed E-state index contributed by atoms with van der Waals surface area (Å²) in [6.07, 6.45) is 0. The quantitative estimate of drug-likeness (QED) is 0.367. The molecule has 0 amide bonds. The Kier molecular flexibility index (Phi) is 6.00. The van der Waals surface area contributed by atoms with E-state index in [9.17, 15) is 0 Å². The van der Waals surface area contributed by atoms with Crippen LogP contribution in [0.4, 0.5) is 20.3 Å². The molecule has 1 heterocycles.